The largest absolute Gasteiger partial charge is 0.416 e. The van der Waals surface area contributed by atoms with Crippen molar-refractivity contribution in [3.8, 4) is 0 Å². The Bertz CT molecular complexity index is 773. The SMILES string of the molecule is O=C(Nc1ccc(C(F)(F)F)cc1)N1CC=C(c2cnccn2)CC1. The topological polar surface area (TPSA) is 58.1 Å². The molecule has 0 aliphatic carbocycles. The van der Waals surface area contributed by atoms with Crippen molar-refractivity contribution >= 4 is 17.3 Å². The lowest BCUT2D eigenvalue weighted by molar-refractivity contribution is -0.137. The third-order valence-corrected chi connectivity index (χ3v) is 3.85. The van der Waals surface area contributed by atoms with Crippen molar-refractivity contribution in [3.63, 3.8) is 0 Å². The highest BCUT2D eigenvalue weighted by atomic mass is 19.4. The van der Waals surface area contributed by atoms with Crippen molar-refractivity contribution in [2.45, 2.75) is 12.6 Å². The van der Waals surface area contributed by atoms with Gasteiger partial charge in [-0.3, -0.25) is 9.97 Å². The molecule has 0 bridgehead atoms. The number of anilines is 1. The van der Waals surface area contributed by atoms with Crippen molar-refractivity contribution in [2.24, 2.45) is 0 Å². The Morgan fingerprint density at radius 3 is 2.48 bits per heavy atom. The van der Waals surface area contributed by atoms with Crippen LogP contribution in [-0.2, 0) is 6.18 Å². The molecule has 1 aromatic heterocycles. The van der Waals surface area contributed by atoms with E-state index in [-0.39, 0.29) is 6.03 Å². The molecule has 0 saturated carbocycles. The summed E-state index contributed by atoms with van der Waals surface area (Å²) in [6.07, 6.45) is 3.02. The number of hydrogen-bond donors (Lipinski definition) is 1. The van der Waals surface area contributed by atoms with E-state index in [9.17, 15) is 18.0 Å². The van der Waals surface area contributed by atoms with Gasteiger partial charge in [0.05, 0.1) is 17.5 Å². The van der Waals surface area contributed by atoms with Gasteiger partial charge < -0.3 is 10.2 Å². The molecular weight excluding hydrogens is 333 g/mol. The lowest BCUT2D eigenvalue weighted by atomic mass is 10.1. The molecule has 130 valence electrons. The van der Waals surface area contributed by atoms with Gasteiger partial charge in [0.15, 0.2) is 0 Å². The second kappa shape index (κ2) is 6.92. The van der Waals surface area contributed by atoms with E-state index in [1.54, 1.807) is 23.5 Å². The zero-order valence-corrected chi connectivity index (χ0v) is 13.1. The molecule has 2 amide bonds. The number of carbonyl (C=O) groups is 1. The number of nitrogens with zero attached hydrogens (tertiary/aromatic N) is 3. The molecule has 0 radical (unpaired) electrons. The fourth-order valence-corrected chi connectivity index (χ4v) is 2.50. The van der Waals surface area contributed by atoms with E-state index in [2.05, 4.69) is 15.3 Å². The Kier molecular flexibility index (Phi) is 4.69. The molecule has 1 aliphatic rings. The molecule has 1 N–H and O–H groups in total. The number of urea groups is 1. The zero-order chi connectivity index (χ0) is 17.9. The fraction of sp³-hybridized carbons (Fsp3) is 0.235. The van der Waals surface area contributed by atoms with Gasteiger partial charge in [0.25, 0.3) is 0 Å². The van der Waals surface area contributed by atoms with E-state index in [1.165, 1.54) is 12.1 Å². The number of aromatic nitrogens is 2. The summed E-state index contributed by atoms with van der Waals surface area (Å²) in [5.41, 5.74) is 1.37. The highest BCUT2D eigenvalue weighted by Crippen LogP contribution is 2.30. The number of alkyl halides is 3. The Labute approximate surface area is 142 Å². The third-order valence-electron chi connectivity index (χ3n) is 3.85. The number of carbonyl (C=O) groups excluding carboxylic acids is 1. The molecule has 0 spiro atoms. The van der Waals surface area contributed by atoms with Crippen molar-refractivity contribution in [1.82, 2.24) is 14.9 Å². The molecule has 0 atom stereocenters. The van der Waals surface area contributed by atoms with Gasteiger partial charge >= 0.3 is 12.2 Å². The first-order valence-electron chi connectivity index (χ1n) is 7.62. The lowest BCUT2D eigenvalue weighted by Crippen LogP contribution is -2.37. The van der Waals surface area contributed by atoms with E-state index < -0.39 is 11.7 Å². The first kappa shape index (κ1) is 16.9. The van der Waals surface area contributed by atoms with Gasteiger partial charge in [-0.15, -0.1) is 0 Å². The first-order valence-corrected chi connectivity index (χ1v) is 7.62. The van der Waals surface area contributed by atoms with Crippen molar-refractivity contribution in [1.29, 1.82) is 0 Å². The van der Waals surface area contributed by atoms with Crippen molar-refractivity contribution < 1.29 is 18.0 Å². The number of rotatable bonds is 2. The van der Waals surface area contributed by atoms with Crippen LogP contribution in [-0.4, -0.2) is 34.0 Å². The highest BCUT2D eigenvalue weighted by molar-refractivity contribution is 5.90. The maximum Gasteiger partial charge on any atom is 0.416 e. The molecule has 0 fully saturated rings. The number of benzene rings is 1. The number of halogens is 3. The standard InChI is InChI=1S/C17H15F3N4O/c18-17(19,20)13-1-3-14(4-2-13)23-16(25)24-9-5-12(6-10-24)15-11-21-7-8-22-15/h1-5,7-8,11H,6,9-10H2,(H,23,25). The van der Waals surface area contributed by atoms with Crippen LogP contribution in [0.1, 0.15) is 17.7 Å². The molecule has 1 aliphatic heterocycles. The molecule has 8 heteroatoms. The molecule has 1 aromatic carbocycles. The molecule has 2 aromatic rings. The summed E-state index contributed by atoms with van der Waals surface area (Å²) in [6, 6.07) is 4.02. The van der Waals surface area contributed by atoms with E-state index in [1.807, 2.05) is 6.08 Å². The van der Waals surface area contributed by atoms with Crippen LogP contribution in [0.2, 0.25) is 0 Å². The highest BCUT2D eigenvalue weighted by Gasteiger charge is 2.30. The molecule has 25 heavy (non-hydrogen) atoms. The first-order chi connectivity index (χ1) is 11.9. The molecule has 2 heterocycles. The molecular formula is C17H15F3N4O. The quantitative estimate of drug-likeness (QED) is 0.898. The van der Waals surface area contributed by atoms with Crippen LogP contribution in [0.4, 0.5) is 23.7 Å². The average molecular weight is 348 g/mol. The normalized spacial score (nSPS) is 14.8. The van der Waals surface area contributed by atoms with Gasteiger partial charge in [-0.05, 0) is 36.3 Å². The Morgan fingerprint density at radius 2 is 1.92 bits per heavy atom. The van der Waals surface area contributed by atoms with Crippen molar-refractivity contribution in [2.75, 3.05) is 18.4 Å². The second-order valence-electron chi connectivity index (χ2n) is 5.52. The maximum absolute atomic E-state index is 12.5. The van der Waals surface area contributed by atoms with Crippen molar-refractivity contribution in [3.05, 3.63) is 60.2 Å². The molecule has 0 saturated heterocycles. The third kappa shape index (κ3) is 4.14. The minimum atomic E-state index is -4.39. The van der Waals surface area contributed by atoms with Crippen LogP contribution in [0.3, 0.4) is 0 Å². The van der Waals surface area contributed by atoms with Crippen LogP contribution in [0, 0.1) is 0 Å². The molecule has 5 nitrogen and oxygen atoms in total. The summed E-state index contributed by atoms with van der Waals surface area (Å²) in [7, 11) is 0. The van der Waals surface area contributed by atoms with Gasteiger partial charge in [0.1, 0.15) is 0 Å². The predicted octanol–water partition coefficient (Wildman–Crippen LogP) is 3.82. The summed E-state index contributed by atoms with van der Waals surface area (Å²) in [5, 5.41) is 2.61. The van der Waals surface area contributed by atoms with Crippen LogP contribution in [0.5, 0.6) is 0 Å². The summed E-state index contributed by atoms with van der Waals surface area (Å²) in [6.45, 7) is 0.896. The lowest BCUT2D eigenvalue weighted by Gasteiger charge is -2.26. The summed E-state index contributed by atoms with van der Waals surface area (Å²) in [5.74, 6) is 0. The predicted molar refractivity (Wildman–Crippen MR) is 86.7 cm³/mol. The Balaban J connectivity index is 1.60. The zero-order valence-electron chi connectivity index (χ0n) is 13.1. The smallest absolute Gasteiger partial charge is 0.320 e. The van der Waals surface area contributed by atoms with Crippen LogP contribution >= 0.6 is 0 Å². The number of hydrogen-bond acceptors (Lipinski definition) is 3. The van der Waals surface area contributed by atoms with Crippen LogP contribution in [0.15, 0.2) is 48.9 Å². The second-order valence-corrected chi connectivity index (χ2v) is 5.52. The van der Waals surface area contributed by atoms with Gasteiger partial charge in [-0.1, -0.05) is 6.08 Å². The Morgan fingerprint density at radius 1 is 1.16 bits per heavy atom. The van der Waals surface area contributed by atoms with E-state index >= 15 is 0 Å². The summed E-state index contributed by atoms with van der Waals surface area (Å²) >= 11 is 0. The van der Waals surface area contributed by atoms with Crippen LogP contribution in [0.25, 0.3) is 5.57 Å². The maximum atomic E-state index is 12.5. The molecule has 3 rings (SSSR count). The van der Waals surface area contributed by atoms with Gasteiger partial charge in [-0.2, -0.15) is 13.2 Å². The van der Waals surface area contributed by atoms with E-state index in [0.29, 0.717) is 25.2 Å². The monoisotopic (exact) mass is 348 g/mol. The average Bonchev–Trinajstić information content (AvgIpc) is 2.62. The molecule has 0 unspecified atom stereocenters. The van der Waals surface area contributed by atoms with E-state index in [0.717, 1.165) is 23.4 Å². The Hall–Kier alpha value is -2.90. The number of nitrogens with one attached hydrogen (secondary N) is 1. The minimum Gasteiger partial charge on any atom is -0.320 e. The van der Waals surface area contributed by atoms with Crippen LogP contribution < -0.4 is 5.32 Å². The minimum absolute atomic E-state index is 0.321. The summed E-state index contributed by atoms with van der Waals surface area (Å²) in [4.78, 5) is 22.1. The van der Waals surface area contributed by atoms with Gasteiger partial charge in [-0.25, -0.2) is 4.79 Å². The van der Waals surface area contributed by atoms with Gasteiger partial charge in [0, 0.05) is 31.2 Å². The summed E-state index contributed by atoms with van der Waals surface area (Å²) < 4.78 is 37.6. The van der Waals surface area contributed by atoms with E-state index in [4.69, 9.17) is 0 Å². The fourth-order valence-electron chi connectivity index (χ4n) is 2.50. The van der Waals surface area contributed by atoms with Gasteiger partial charge in [0.2, 0.25) is 0 Å². The number of amides is 2.